The second-order valence-corrected chi connectivity index (χ2v) is 8.83. The molecule has 2 amide bonds. The van der Waals surface area contributed by atoms with E-state index in [4.69, 9.17) is 14.2 Å². The molecule has 1 aliphatic heterocycles. The zero-order chi connectivity index (χ0) is 26.8. The predicted molar refractivity (Wildman–Crippen MR) is 148 cm³/mol. The highest BCUT2D eigenvalue weighted by Gasteiger charge is 2.30. The monoisotopic (exact) mass is 549 g/mol. The number of imidazole rings is 1. The Balaban J connectivity index is 0.00000353. The normalized spacial score (nSPS) is 13.7. The van der Waals surface area contributed by atoms with Gasteiger partial charge < -0.3 is 19.5 Å². The van der Waals surface area contributed by atoms with Crippen LogP contribution in [0.1, 0.15) is 40.9 Å². The van der Waals surface area contributed by atoms with Crippen molar-refractivity contribution in [2.45, 2.75) is 25.8 Å². The molecule has 0 spiro atoms. The molecule has 2 N–H and O–H groups in total. The van der Waals surface area contributed by atoms with Gasteiger partial charge in [0.1, 0.15) is 0 Å². The van der Waals surface area contributed by atoms with Gasteiger partial charge in [0.25, 0.3) is 5.91 Å². The van der Waals surface area contributed by atoms with Crippen LogP contribution >= 0.6 is 12.4 Å². The number of aromatic nitrogens is 3. The van der Waals surface area contributed by atoms with E-state index in [0.29, 0.717) is 47.0 Å². The van der Waals surface area contributed by atoms with Crippen LogP contribution in [0.3, 0.4) is 0 Å². The van der Waals surface area contributed by atoms with Crippen LogP contribution in [-0.4, -0.2) is 48.1 Å². The Morgan fingerprint density at radius 2 is 1.74 bits per heavy atom. The summed E-state index contributed by atoms with van der Waals surface area (Å²) in [5.74, 6) is 1.28. The van der Waals surface area contributed by atoms with Gasteiger partial charge in [-0.15, -0.1) is 12.4 Å². The van der Waals surface area contributed by atoms with Crippen LogP contribution in [0.2, 0.25) is 0 Å². The summed E-state index contributed by atoms with van der Waals surface area (Å²) in [7, 11) is 4.75. The molecule has 0 radical (unpaired) electrons. The Labute approximate surface area is 231 Å². The molecule has 2 aliphatic carbocycles. The quantitative estimate of drug-likeness (QED) is 0.361. The topological polar surface area (TPSA) is 125 Å². The SMILES string of the molecule is COc1cc2c(c(OC)c1OC)-c1ccc3nc(NC(=O)c4cccnc4)nc-3cc1C(NC(C)=O)CC2.Cl. The highest BCUT2D eigenvalue weighted by Crippen LogP contribution is 2.50. The van der Waals surface area contributed by atoms with E-state index in [1.165, 1.54) is 13.1 Å². The Morgan fingerprint density at radius 1 is 0.974 bits per heavy atom. The van der Waals surface area contributed by atoms with Gasteiger partial charge in [-0.2, -0.15) is 0 Å². The number of amides is 2. The van der Waals surface area contributed by atoms with Crippen molar-refractivity contribution in [1.29, 1.82) is 0 Å². The van der Waals surface area contributed by atoms with Crippen LogP contribution < -0.4 is 24.8 Å². The number of fused-ring (bicyclic) bond motifs is 4. The number of pyridine rings is 1. The number of carbonyl (C=O) groups excluding carboxylic acids is 2. The largest absolute Gasteiger partial charge is 0.493 e. The Hall–Kier alpha value is -4.44. The van der Waals surface area contributed by atoms with Crippen LogP contribution in [0.4, 0.5) is 5.95 Å². The van der Waals surface area contributed by atoms with E-state index in [2.05, 4.69) is 25.6 Å². The molecule has 2 aromatic rings. The molecule has 11 heteroatoms. The summed E-state index contributed by atoms with van der Waals surface area (Å²) in [6.07, 6.45) is 4.38. The third-order valence-electron chi connectivity index (χ3n) is 6.51. The van der Waals surface area contributed by atoms with Gasteiger partial charge in [-0.3, -0.25) is 19.9 Å². The summed E-state index contributed by atoms with van der Waals surface area (Å²) in [6, 6.07) is 10.7. The number of aryl methyl sites for hydroxylation is 1. The van der Waals surface area contributed by atoms with E-state index in [1.54, 1.807) is 39.7 Å². The van der Waals surface area contributed by atoms with Crippen LogP contribution in [0.25, 0.3) is 22.5 Å². The van der Waals surface area contributed by atoms with Crippen LogP contribution in [0.5, 0.6) is 17.2 Å². The number of ether oxygens (including phenoxy) is 3. The molecule has 10 nitrogen and oxygen atoms in total. The smallest absolute Gasteiger partial charge is 0.259 e. The second-order valence-electron chi connectivity index (χ2n) is 8.83. The summed E-state index contributed by atoms with van der Waals surface area (Å²) >= 11 is 0. The molecular formula is C28H28ClN5O5. The van der Waals surface area contributed by atoms with Gasteiger partial charge in [-0.1, -0.05) is 6.07 Å². The fraction of sp³-hybridized carbons (Fsp3) is 0.250. The fourth-order valence-corrected chi connectivity index (χ4v) is 4.87. The standard InChI is InChI=1S/C28H27N5O5.ClH/c1-15(34)30-20-9-7-16-12-23(36-2)25(37-3)26(38-4)24(16)18-8-10-21-22(13-19(18)20)32-28(31-21)33-27(35)17-6-5-11-29-14-17;/h5-6,8,10-14,20H,7,9H2,1-4H3,(H,30,34)(H,31,32,33,35);1H. The summed E-state index contributed by atoms with van der Waals surface area (Å²) in [5.41, 5.74) is 5.13. The average molecular weight is 550 g/mol. The lowest BCUT2D eigenvalue weighted by Crippen LogP contribution is -2.26. The van der Waals surface area contributed by atoms with Crippen LogP contribution in [-0.2, 0) is 11.2 Å². The zero-order valence-electron chi connectivity index (χ0n) is 21.9. The molecule has 1 aromatic carbocycles. The number of anilines is 1. The summed E-state index contributed by atoms with van der Waals surface area (Å²) in [6.45, 7) is 1.50. The van der Waals surface area contributed by atoms with Gasteiger partial charge >= 0.3 is 0 Å². The van der Waals surface area contributed by atoms with Crippen molar-refractivity contribution in [3.05, 3.63) is 65.5 Å². The minimum Gasteiger partial charge on any atom is -0.493 e. The molecule has 1 atom stereocenters. The van der Waals surface area contributed by atoms with Crippen molar-refractivity contribution in [2.75, 3.05) is 26.6 Å². The van der Waals surface area contributed by atoms with Crippen LogP contribution in [0.15, 0.2) is 48.8 Å². The maximum Gasteiger partial charge on any atom is 0.259 e. The number of hydrogen-bond donors (Lipinski definition) is 2. The number of benzene rings is 1. The number of nitrogens with zero attached hydrogens (tertiary/aromatic N) is 3. The first-order valence-corrected chi connectivity index (χ1v) is 12.1. The average Bonchev–Trinajstić information content (AvgIpc) is 3.13. The molecule has 39 heavy (non-hydrogen) atoms. The van der Waals surface area contributed by atoms with Gasteiger partial charge in [0.05, 0.1) is 44.3 Å². The van der Waals surface area contributed by atoms with E-state index in [0.717, 1.165) is 22.3 Å². The number of nitrogens with one attached hydrogen (secondary N) is 2. The molecule has 0 saturated heterocycles. The van der Waals surface area contributed by atoms with E-state index in [1.807, 2.05) is 24.3 Å². The molecule has 0 fully saturated rings. The van der Waals surface area contributed by atoms with Crippen LogP contribution in [0, 0.1) is 0 Å². The minimum absolute atomic E-state index is 0. The molecule has 2 heterocycles. The molecule has 202 valence electrons. The summed E-state index contributed by atoms with van der Waals surface area (Å²) in [4.78, 5) is 37.9. The minimum atomic E-state index is -0.354. The van der Waals surface area contributed by atoms with Gasteiger partial charge in [0, 0.05) is 24.9 Å². The van der Waals surface area contributed by atoms with Gasteiger partial charge in [0.2, 0.25) is 17.6 Å². The van der Waals surface area contributed by atoms with Gasteiger partial charge in [-0.25, -0.2) is 9.97 Å². The van der Waals surface area contributed by atoms with E-state index >= 15 is 0 Å². The first kappa shape index (κ1) is 27.6. The highest BCUT2D eigenvalue weighted by atomic mass is 35.5. The van der Waals surface area contributed by atoms with Crippen molar-refractivity contribution in [3.8, 4) is 39.8 Å². The molecular weight excluding hydrogens is 522 g/mol. The fourth-order valence-electron chi connectivity index (χ4n) is 4.87. The molecule has 0 bridgehead atoms. The Morgan fingerprint density at radius 3 is 2.41 bits per heavy atom. The maximum absolute atomic E-state index is 12.6. The van der Waals surface area contributed by atoms with Gasteiger partial charge in [0.15, 0.2) is 11.5 Å². The number of halogens is 1. The highest BCUT2D eigenvalue weighted by molar-refractivity contribution is 6.03. The van der Waals surface area contributed by atoms with Crippen molar-refractivity contribution in [2.24, 2.45) is 0 Å². The van der Waals surface area contributed by atoms with Crippen molar-refractivity contribution >= 4 is 30.2 Å². The molecule has 5 rings (SSSR count). The summed E-state index contributed by atoms with van der Waals surface area (Å²) in [5, 5.41) is 5.81. The Kier molecular flexibility index (Phi) is 8.15. The number of rotatable bonds is 6. The lowest BCUT2D eigenvalue weighted by Gasteiger charge is -2.19. The first-order valence-electron chi connectivity index (χ1n) is 12.1. The van der Waals surface area contributed by atoms with Crippen molar-refractivity contribution in [1.82, 2.24) is 20.3 Å². The second kappa shape index (κ2) is 11.5. The lowest BCUT2D eigenvalue weighted by atomic mass is 9.95. The number of carbonyl (C=O) groups is 2. The van der Waals surface area contributed by atoms with E-state index < -0.39 is 0 Å². The van der Waals surface area contributed by atoms with E-state index in [-0.39, 0.29) is 36.2 Å². The molecule has 1 aromatic heterocycles. The number of methoxy groups -OCH3 is 3. The van der Waals surface area contributed by atoms with Crippen molar-refractivity contribution in [3.63, 3.8) is 0 Å². The lowest BCUT2D eigenvalue weighted by molar-refractivity contribution is -0.119. The predicted octanol–water partition coefficient (Wildman–Crippen LogP) is 4.47. The molecule has 3 aliphatic rings. The van der Waals surface area contributed by atoms with Crippen molar-refractivity contribution < 1.29 is 23.8 Å². The maximum atomic E-state index is 12.6. The third-order valence-corrected chi connectivity index (χ3v) is 6.51. The molecule has 1 unspecified atom stereocenters. The Bertz CT molecular complexity index is 1500. The van der Waals surface area contributed by atoms with E-state index in [9.17, 15) is 9.59 Å². The molecule has 0 saturated carbocycles. The summed E-state index contributed by atoms with van der Waals surface area (Å²) < 4.78 is 17.1. The third kappa shape index (κ3) is 5.28. The van der Waals surface area contributed by atoms with Gasteiger partial charge in [-0.05, 0) is 59.9 Å². The first-order chi connectivity index (χ1) is 18.4. The zero-order valence-corrected chi connectivity index (χ0v) is 22.7. The number of hydrogen-bond acceptors (Lipinski definition) is 8.